The number of benzene rings is 5. The summed E-state index contributed by atoms with van der Waals surface area (Å²) in [5, 5.41) is 12.1. The molecule has 3 aromatic heterocycles. The van der Waals surface area contributed by atoms with Gasteiger partial charge in [0.25, 0.3) is 0 Å². The van der Waals surface area contributed by atoms with Gasteiger partial charge in [0, 0.05) is 38.7 Å². The summed E-state index contributed by atoms with van der Waals surface area (Å²) in [6.07, 6.45) is 3.37. The second kappa shape index (κ2) is 12.4. The Morgan fingerprint density at radius 2 is 1.04 bits per heavy atom. The van der Waals surface area contributed by atoms with E-state index < -0.39 is 0 Å². The van der Waals surface area contributed by atoms with E-state index in [0.717, 1.165) is 50.4 Å². The van der Waals surface area contributed by atoms with E-state index in [0.29, 0.717) is 28.3 Å². The molecule has 0 atom stereocenters. The zero-order chi connectivity index (χ0) is 33.3. The standard InChI is InChI=1S/C44H29N5/c1-3-37-38(4-2)48-44(43(47-37)32-16-12-13-29(25-32)28-45)33-26-39(30-14-6-5-7-15-30)46-40(27-33)31-21-23-34(24-22-31)49-41-19-10-8-17-35(41)36-18-9-11-20-42(36)49/h3-27H,1-2H2. The van der Waals surface area contributed by atoms with E-state index >= 15 is 0 Å². The van der Waals surface area contributed by atoms with Gasteiger partial charge in [0.1, 0.15) is 0 Å². The van der Waals surface area contributed by atoms with Crippen molar-refractivity contribution in [3.05, 3.63) is 170 Å². The van der Waals surface area contributed by atoms with Crippen LogP contribution in [0.5, 0.6) is 0 Å². The number of rotatable bonds is 7. The monoisotopic (exact) mass is 627 g/mol. The van der Waals surface area contributed by atoms with Crippen LogP contribution in [0.1, 0.15) is 17.0 Å². The fraction of sp³-hybridized carbons (Fsp3) is 0. The lowest BCUT2D eigenvalue weighted by Gasteiger charge is -2.15. The molecule has 8 aromatic rings. The maximum Gasteiger partial charge on any atom is 0.0991 e. The first-order chi connectivity index (χ1) is 24.1. The Kier molecular flexibility index (Phi) is 7.45. The molecule has 49 heavy (non-hydrogen) atoms. The molecule has 0 aliphatic carbocycles. The van der Waals surface area contributed by atoms with Crippen molar-refractivity contribution >= 4 is 34.0 Å². The molecule has 0 N–H and O–H groups in total. The van der Waals surface area contributed by atoms with Gasteiger partial charge < -0.3 is 4.57 Å². The lowest BCUT2D eigenvalue weighted by atomic mass is 9.98. The van der Waals surface area contributed by atoms with E-state index in [2.05, 4.69) is 115 Å². The number of nitrogens with zero attached hydrogens (tertiary/aromatic N) is 5. The molecule has 8 rings (SSSR count). The van der Waals surface area contributed by atoms with Crippen molar-refractivity contribution in [1.29, 1.82) is 5.26 Å². The molecule has 0 bridgehead atoms. The van der Waals surface area contributed by atoms with Gasteiger partial charge >= 0.3 is 0 Å². The number of hydrogen-bond acceptors (Lipinski definition) is 4. The first-order valence-corrected chi connectivity index (χ1v) is 16.0. The summed E-state index contributed by atoms with van der Waals surface area (Å²) >= 11 is 0. The van der Waals surface area contributed by atoms with Crippen LogP contribution in [0.15, 0.2) is 153 Å². The van der Waals surface area contributed by atoms with Crippen LogP contribution in [0.3, 0.4) is 0 Å². The predicted octanol–water partition coefficient (Wildman–Crippen LogP) is 10.8. The van der Waals surface area contributed by atoms with Gasteiger partial charge in [0.05, 0.1) is 56.8 Å². The summed E-state index contributed by atoms with van der Waals surface area (Å²) < 4.78 is 2.31. The molecule has 0 aliphatic rings. The SMILES string of the molecule is C=Cc1nc(-c2cccc(C#N)c2)c(-c2cc(-c3ccccc3)nc(-c3ccc(-n4c5ccccc5c5ccccc54)cc3)c2)nc1C=C. The number of nitriles is 1. The van der Waals surface area contributed by atoms with Crippen LogP contribution in [0.25, 0.3) is 84.7 Å². The van der Waals surface area contributed by atoms with Gasteiger partial charge in [-0.15, -0.1) is 0 Å². The molecule has 0 saturated heterocycles. The van der Waals surface area contributed by atoms with Gasteiger partial charge in [0.15, 0.2) is 0 Å². The number of fused-ring (bicyclic) bond motifs is 3. The van der Waals surface area contributed by atoms with Crippen LogP contribution >= 0.6 is 0 Å². The van der Waals surface area contributed by atoms with Crippen molar-refractivity contribution < 1.29 is 0 Å². The average molecular weight is 628 g/mol. The fourth-order valence-corrected chi connectivity index (χ4v) is 6.45. The summed E-state index contributed by atoms with van der Waals surface area (Å²) in [6, 6.07) is 49.5. The Balaban J connectivity index is 1.32. The molecule has 5 aromatic carbocycles. The smallest absolute Gasteiger partial charge is 0.0991 e. The van der Waals surface area contributed by atoms with Crippen molar-refractivity contribution in [3.8, 4) is 56.8 Å². The maximum atomic E-state index is 9.66. The molecule has 0 amide bonds. The lowest BCUT2D eigenvalue weighted by Crippen LogP contribution is -2.01. The zero-order valence-electron chi connectivity index (χ0n) is 26.6. The second-order valence-electron chi connectivity index (χ2n) is 11.7. The van der Waals surface area contributed by atoms with Crippen molar-refractivity contribution in [2.45, 2.75) is 0 Å². The normalized spacial score (nSPS) is 11.0. The largest absolute Gasteiger partial charge is 0.309 e. The highest BCUT2D eigenvalue weighted by molar-refractivity contribution is 6.09. The van der Waals surface area contributed by atoms with Gasteiger partial charge in [0.2, 0.25) is 0 Å². The van der Waals surface area contributed by atoms with E-state index in [-0.39, 0.29) is 0 Å². The predicted molar refractivity (Wildman–Crippen MR) is 201 cm³/mol. The lowest BCUT2D eigenvalue weighted by molar-refractivity contribution is 1.16. The Bertz CT molecular complexity index is 2540. The average Bonchev–Trinajstić information content (AvgIpc) is 3.52. The minimum atomic E-state index is 0.543. The van der Waals surface area contributed by atoms with Crippen LogP contribution in [0, 0.1) is 11.3 Å². The van der Waals surface area contributed by atoms with Gasteiger partial charge in [-0.05, 0) is 60.7 Å². The Morgan fingerprint density at radius 3 is 1.63 bits per heavy atom. The topological polar surface area (TPSA) is 67.4 Å². The van der Waals surface area contributed by atoms with Crippen molar-refractivity contribution in [3.63, 3.8) is 0 Å². The highest BCUT2D eigenvalue weighted by Crippen LogP contribution is 2.37. The zero-order valence-corrected chi connectivity index (χ0v) is 26.6. The van der Waals surface area contributed by atoms with Crippen molar-refractivity contribution in [2.75, 3.05) is 0 Å². The fourth-order valence-electron chi connectivity index (χ4n) is 6.45. The molecule has 0 saturated carbocycles. The Hall–Kier alpha value is -6.90. The van der Waals surface area contributed by atoms with Crippen LogP contribution in [-0.2, 0) is 0 Å². The summed E-state index contributed by atoms with van der Waals surface area (Å²) in [6.45, 7) is 7.96. The van der Waals surface area contributed by atoms with E-state index in [1.165, 1.54) is 10.8 Å². The minimum absolute atomic E-state index is 0.543. The third kappa shape index (κ3) is 5.28. The van der Waals surface area contributed by atoms with Crippen molar-refractivity contribution in [1.82, 2.24) is 19.5 Å². The number of hydrogen-bond donors (Lipinski definition) is 0. The molecular formula is C44H29N5. The molecule has 5 nitrogen and oxygen atoms in total. The van der Waals surface area contributed by atoms with E-state index in [9.17, 15) is 5.26 Å². The van der Waals surface area contributed by atoms with Crippen LogP contribution in [0.2, 0.25) is 0 Å². The third-order valence-electron chi connectivity index (χ3n) is 8.77. The van der Waals surface area contributed by atoms with Gasteiger partial charge in [-0.3, -0.25) is 0 Å². The molecule has 0 unspecified atom stereocenters. The number of aromatic nitrogens is 4. The van der Waals surface area contributed by atoms with Gasteiger partial charge in [-0.25, -0.2) is 15.0 Å². The van der Waals surface area contributed by atoms with Crippen LogP contribution in [-0.4, -0.2) is 19.5 Å². The van der Waals surface area contributed by atoms with E-state index in [1.807, 2.05) is 42.5 Å². The highest BCUT2D eigenvalue weighted by atomic mass is 15.0. The van der Waals surface area contributed by atoms with E-state index in [1.54, 1.807) is 18.2 Å². The molecule has 3 heterocycles. The number of para-hydroxylation sites is 2. The summed E-state index contributed by atoms with van der Waals surface area (Å²) in [7, 11) is 0. The van der Waals surface area contributed by atoms with Crippen LogP contribution < -0.4 is 0 Å². The van der Waals surface area contributed by atoms with Gasteiger partial charge in [-0.1, -0.05) is 104 Å². The molecule has 5 heteroatoms. The molecule has 0 spiro atoms. The van der Waals surface area contributed by atoms with Crippen LogP contribution in [0.4, 0.5) is 0 Å². The first kappa shape index (κ1) is 29.5. The summed E-state index contributed by atoms with van der Waals surface area (Å²) in [4.78, 5) is 15.2. The van der Waals surface area contributed by atoms with Crippen molar-refractivity contribution in [2.24, 2.45) is 0 Å². The number of pyridine rings is 1. The quantitative estimate of drug-likeness (QED) is 0.176. The maximum absolute atomic E-state index is 9.66. The minimum Gasteiger partial charge on any atom is -0.309 e. The molecular weight excluding hydrogens is 599 g/mol. The second-order valence-corrected chi connectivity index (χ2v) is 11.7. The van der Waals surface area contributed by atoms with Gasteiger partial charge in [-0.2, -0.15) is 5.26 Å². The highest BCUT2D eigenvalue weighted by Gasteiger charge is 2.18. The summed E-state index contributed by atoms with van der Waals surface area (Å²) in [5.74, 6) is 0. The molecule has 0 fully saturated rings. The third-order valence-corrected chi connectivity index (χ3v) is 8.77. The summed E-state index contributed by atoms with van der Waals surface area (Å²) in [5.41, 5.74) is 11.7. The van der Waals surface area contributed by atoms with E-state index in [4.69, 9.17) is 15.0 Å². The molecule has 230 valence electrons. The first-order valence-electron chi connectivity index (χ1n) is 16.0. The molecule has 0 aliphatic heterocycles. The Labute approximate surface area is 284 Å². The molecule has 0 radical (unpaired) electrons. The Morgan fingerprint density at radius 1 is 0.510 bits per heavy atom.